The number of anilines is 1. The van der Waals surface area contributed by atoms with Crippen molar-refractivity contribution in [3.05, 3.63) is 59.7 Å². The van der Waals surface area contributed by atoms with Crippen molar-refractivity contribution in [3.8, 4) is 0 Å². The van der Waals surface area contributed by atoms with E-state index in [4.69, 9.17) is 5.73 Å². The highest BCUT2D eigenvalue weighted by molar-refractivity contribution is 5.48. The van der Waals surface area contributed by atoms with Crippen LogP contribution in [0, 0.1) is 5.82 Å². The summed E-state index contributed by atoms with van der Waals surface area (Å²) in [5.74, 6) is -0.308. The second-order valence-corrected chi connectivity index (χ2v) is 3.34. The lowest BCUT2D eigenvalue weighted by atomic mass is 10.1. The van der Waals surface area contributed by atoms with Gasteiger partial charge in [-0.25, -0.2) is 4.39 Å². The second-order valence-electron chi connectivity index (χ2n) is 3.34. The van der Waals surface area contributed by atoms with Gasteiger partial charge in [-0.3, -0.25) is 4.98 Å². The van der Waals surface area contributed by atoms with Gasteiger partial charge < -0.3 is 5.73 Å². The van der Waals surface area contributed by atoms with Gasteiger partial charge in [0.05, 0.1) is 0 Å². The SMILES string of the molecule is Nc1cc(F)ccc1Cc1ccccn1. The van der Waals surface area contributed by atoms with Crippen molar-refractivity contribution in [2.75, 3.05) is 5.73 Å². The van der Waals surface area contributed by atoms with Crippen molar-refractivity contribution in [3.63, 3.8) is 0 Å². The monoisotopic (exact) mass is 202 g/mol. The lowest BCUT2D eigenvalue weighted by Gasteiger charge is -2.04. The topological polar surface area (TPSA) is 38.9 Å². The van der Waals surface area contributed by atoms with Crippen LogP contribution < -0.4 is 5.73 Å². The zero-order valence-corrected chi connectivity index (χ0v) is 8.15. The van der Waals surface area contributed by atoms with Crippen molar-refractivity contribution in [2.45, 2.75) is 6.42 Å². The van der Waals surface area contributed by atoms with Crippen molar-refractivity contribution in [1.29, 1.82) is 0 Å². The zero-order chi connectivity index (χ0) is 10.7. The van der Waals surface area contributed by atoms with Gasteiger partial charge in [0.1, 0.15) is 5.82 Å². The van der Waals surface area contributed by atoms with Gasteiger partial charge in [0.15, 0.2) is 0 Å². The maximum Gasteiger partial charge on any atom is 0.125 e. The standard InChI is InChI=1S/C12H11FN2/c13-10-5-4-9(12(14)8-10)7-11-3-1-2-6-15-11/h1-6,8H,7,14H2. The molecule has 0 spiro atoms. The Balaban J connectivity index is 2.25. The van der Waals surface area contributed by atoms with Crippen LogP contribution in [0.1, 0.15) is 11.3 Å². The molecule has 76 valence electrons. The van der Waals surface area contributed by atoms with Crippen molar-refractivity contribution < 1.29 is 4.39 Å². The number of aromatic nitrogens is 1. The Morgan fingerprint density at radius 2 is 2.07 bits per heavy atom. The third kappa shape index (κ3) is 2.31. The molecule has 0 aliphatic heterocycles. The molecule has 2 N–H and O–H groups in total. The summed E-state index contributed by atoms with van der Waals surface area (Å²) < 4.78 is 12.8. The van der Waals surface area contributed by atoms with E-state index in [2.05, 4.69) is 4.98 Å². The number of nitrogen functional groups attached to an aromatic ring is 1. The number of nitrogens with zero attached hydrogens (tertiary/aromatic N) is 1. The van der Waals surface area contributed by atoms with E-state index in [0.717, 1.165) is 11.3 Å². The van der Waals surface area contributed by atoms with Gasteiger partial charge in [0, 0.05) is 24.0 Å². The molecule has 0 atom stereocenters. The largest absolute Gasteiger partial charge is 0.398 e. The highest BCUT2D eigenvalue weighted by Gasteiger charge is 2.02. The Hall–Kier alpha value is -1.90. The van der Waals surface area contributed by atoms with Gasteiger partial charge in [0.25, 0.3) is 0 Å². The fourth-order valence-corrected chi connectivity index (χ4v) is 1.42. The molecule has 1 aromatic carbocycles. The predicted molar refractivity (Wildman–Crippen MR) is 57.9 cm³/mol. The number of pyridine rings is 1. The quantitative estimate of drug-likeness (QED) is 0.759. The molecule has 3 heteroatoms. The Morgan fingerprint density at radius 1 is 1.20 bits per heavy atom. The van der Waals surface area contributed by atoms with Crippen molar-refractivity contribution in [2.24, 2.45) is 0 Å². The zero-order valence-electron chi connectivity index (χ0n) is 8.15. The van der Waals surface area contributed by atoms with E-state index in [1.54, 1.807) is 12.3 Å². The molecule has 0 radical (unpaired) electrons. The number of hydrogen-bond donors (Lipinski definition) is 1. The molecule has 0 aliphatic rings. The van der Waals surface area contributed by atoms with Crippen LogP contribution in [0.3, 0.4) is 0 Å². The first-order chi connectivity index (χ1) is 7.25. The summed E-state index contributed by atoms with van der Waals surface area (Å²) in [4.78, 5) is 4.19. The maximum absolute atomic E-state index is 12.8. The minimum absolute atomic E-state index is 0.308. The molecule has 0 saturated carbocycles. The minimum Gasteiger partial charge on any atom is -0.398 e. The van der Waals surface area contributed by atoms with E-state index in [9.17, 15) is 4.39 Å². The van der Waals surface area contributed by atoms with E-state index in [0.29, 0.717) is 12.1 Å². The molecule has 0 bridgehead atoms. The molecule has 0 unspecified atom stereocenters. The van der Waals surface area contributed by atoms with Crippen molar-refractivity contribution >= 4 is 5.69 Å². The molecule has 0 saturated heterocycles. The molecular weight excluding hydrogens is 191 g/mol. The number of benzene rings is 1. The van der Waals surface area contributed by atoms with Gasteiger partial charge in [-0.15, -0.1) is 0 Å². The van der Waals surface area contributed by atoms with Crippen LogP contribution in [0.4, 0.5) is 10.1 Å². The first-order valence-electron chi connectivity index (χ1n) is 4.69. The second kappa shape index (κ2) is 4.09. The summed E-state index contributed by atoms with van der Waals surface area (Å²) >= 11 is 0. The van der Waals surface area contributed by atoms with Crippen LogP contribution in [0.15, 0.2) is 42.6 Å². The summed E-state index contributed by atoms with van der Waals surface area (Å²) in [5.41, 5.74) is 8.00. The third-order valence-corrected chi connectivity index (χ3v) is 2.21. The summed E-state index contributed by atoms with van der Waals surface area (Å²) in [5, 5.41) is 0. The smallest absolute Gasteiger partial charge is 0.125 e. The highest BCUT2D eigenvalue weighted by Crippen LogP contribution is 2.16. The molecule has 1 heterocycles. The third-order valence-electron chi connectivity index (χ3n) is 2.21. The summed E-state index contributed by atoms with van der Waals surface area (Å²) in [6, 6.07) is 10.1. The lowest BCUT2D eigenvalue weighted by Crippen LogP contribution is -1.97. The Kier molecular flexibility index (Phi) is 2.63. The van der Waals surface area contributed by atoms with Crippen LogP contribution in [0.25, 0.3) is 0 Å². The van der Waals surface area contributed by atoms with Gasteiger partial charge in [-0.1, -0.05) is 12.1 Å². The number of rotatable bonds is 2. The number of hydrogen-bond acceptors (Lipinski definition) is 2. The van der Waals surface area contributed by atoms with E-state index < -0.39 is 0 Å². The highest BCUT2D eigenvalue weighted by atomic mass is 19.1. The summed E-state index contributed by atoms with van der Waals surface area (Å²) in [6.45, 7) is 0. The molecule has 2 aromatic rings. The summed E-state index contributed by atoms with van der Waals surface area (Å²) in [7, 11) is 0. The van der Waals surface area contributed by atoms with E-state index in [-0.39, 0.29) is 5.82 Å². The number of halogens is 1. The Morgan fingerprint density at radius 3 is 2.73 bits per heavy atom. The van der Waals surface area contributed by atoms with Crippen LogP contribution in [0.2, 0.25) is 0 Å². The molecule has 15 heavy (non-hydrogen) atoms. The average molecular weight is 202 g/mol. The maximum atomic E-state index is 12.8. The van der Waals surface area contributed by atoms with Gasteiger partial charge in [0.2, 0.25) is 0 Å². The van der Waals surface area contributed by atoms with E-state index in [1.165, 1.54) is 12.1 Å². The summed E-state index contributed by atoms with van der Waals surface area (Å²) in [6.07, 6.45) is 2.36. The normalized spacial score (nSPS) is 10.2. The first-order valence-corrected chi connectivity index (χ1v) is 4.69. The molecular formula is C12H11FN2. The fraction of sp³-hybridized carbons (Fsp3) is 0.0833. The van der Waals surface area contributed by atoms with E-state index >= 15 is 0 Å². The molecule has 2 nitrogen and oxygen atoms in total. The lowest BCUT2D eigenvalue weighted by molar-refractivity contribution is 0.628. The van der Waals surface area contributed by atoms with Crippen LogP contribution in [-0.2, 0) is 6.42 Å². The van der Waals surface area contributed by atoms with Gasteiger partial charge >= 0.3 is 0 Å². The minimum atomic E-state index is -0.308. The van der Waals surface area contributed by atoms with Gasteiger partial charge in [-0.05, 0) is 29.8 Å². The average Bonchev–Trinajstić information content (AvgIpc) is 2.24. The predicted octanol–water partition coefficient (Wildman–Crippen LogP) is 2.39. The van der Waals surface area contributed by atoms with Crippen molar-refractivity contribution in [1.82, 2.24) is 4.98 Å². The van der Waals surface area contributed by atoms with Crippen LogP contribution in [0.5, 0.6) is 0 Å². The van der Waals surface area contributed by atoms with Crippen LogP contribution >= 0.6 is 0 Å². The van der Waals surface area contributed by atoms with E-state index in [1.807, 2.05) is 18.2 Å². The molecule has 0 fully saturated rings. The molecule has 0 aliphatic carbocycles. The first kappa shape index (κ1) is 9.65. The Labute approximate surface area is 87.6 Å². The molecule has 0 amide bonds. The molecule has 2 rings (SSSR count). The molecule has 1 aromatic heterocycles. The Bertz CT molecular complexity index is 454. The fourth-order valence-electron chi connectivity index (χ4n) is 1.42. The number of nitrogens with two attached hydrogens (primary N) is 1. The van der Waals surface area contributed by atoms with Gasteiger partial charge in [-0.2, -0.15) is 0 Å². The van der Waals surface area contributed by atoms with Crippen LogP contribution in [-0.4, -0.2) is 4.98 Å².